The molecule has 2 aliphatic rings. The van der Waals surface area contributed by atoms with Crippen molar-refractivity contribution in [2.75, 3.05) is 0 Å². The molecule has 3 N–H and O–H groups in total. The van der Waals surface area contributed by atoms with Crippen molar-refractivity contribution < 1.29 is 9.32 Å². The lowest BCUT2D eigenvalue weighted by Crippen LogP contribution is -2.34. The molecule has 130 valence electrons. The summed E-state index contributed by atoms with van der Waals surface area (Å²) >= 11 is 0. The van der Waals surface area contributed by atoms with Crippen molar-refractivity contribution in [3.8, 4) is 0 Å². The highest BCUT2D eigenvalue weighted by Gasteiger charge is 2.35. The predicted octanol–water partition coefficient (Wildman–Crippen LogP) is 2.81. The van der Waals surface area contributed by atoms with E-state index >= 15 is 0 Å². The number of halogens is 1. The van der Waals surface area contributed by atoms with Crippen molar-refractivity contribution in [3.05, 3.63) is 11.7 Å². The second-order valence-corrected chi connectivity index (χ2v) is 6.84. The molecule has 0 unspecified atom stereocenters. The number of nitrogens with two attached hydrogens (primary N) is 1. The lowest BCUT2D eigenvalue weighted by Gasteiger charge is -2.17. The van der Waals surface area contributed by atoms with Crippen molar-refractivity contribution in [2.24, 2.45) is 11.7 Å². The molecule has 0 aromatic carbocycles. The second kappa shape index (κ2) is 8.11. The van der Waals surface area contributed by atoms with Gasteiger partial charge in [0.15, 0.2) is 5.82 Å². The van der Waals surface area contributed by atoms with Gasteiger partial charge in [-0.15, -0.1) is 12.4 Å². The zero-order valence-electron chi connectivity index (χ0n) is 13.6. The highest BCUT2D eigenvalue weighted by atomic mass is 35.5. The number of rotatable bonds is 6. The number of carbonyl (C=O) groups is 1. The minimum Gasteiger partial charge on any atom is -0.347 e. The van der Waals surface area contributed by atoms with Gasteiger partial charge in [-0.2, -0.15) is 4.98 Å². The average Bonchev–Trinajstić information content (AvgIpc) is 3.24. The van der Waals surface area contributed by atoms with Gasteiger partial charge < -0.3 is 15.6 Å². The number of amides is 1. The maximum atomic E-state index is 11.9. The Bertz CT molecular complexity index is 508. The summed E-state index contributed by atoms with van der Waals surface area (Å²) in [5, 5.41) is 6.86. The summed E-state index contributed by atoms with van der Waals surface area (Å²) in [7, 11) is 0. The van der Waals surface area contributed by atoms with Crippen LogP contribution < -0.4 is 11.1 Å². The number of nitrogens with zero attached hydrogens (tertiary/aromatic N) is 2. The zero-order chi connectivity index (χ0) is 15.4. The van der Waals surface area contributed by atoms with Crippen molar-refractivity contribution in [1.29, 1.82) is 0 Å². The fourth-order valence-corrected chi connectivity index (χ4v) is 3.66. The molecule has 0 aliphatic heterocycles. The number of carbonyl (C=O) groups excluding carboxylic acids is 1. The monoisotopic (exact) mass is 342 g/mol. The van der Waals surface area contributed by atoms with Gasteiger partial charge in [0.1, 0.15) is 0 Å². The minimum absolute atomic E-state index is 0. The highest BCUT2D eigenvalue weighted by Crippen LogP contribution is 2.34. The lowest BCUT2D eigenvalue weighted by atomic mass is 9.99. The van der Waals surface area contributed by atoms with Crippen LogP contribution in [0.3, 0.4) is 0 Å². The van der Waals surface area contributed by atoms with Crippen molar-refractivity contribution >= 4 is 18.3 Å². The van der Waals surface area contributed by atoms with Gasteiger partial charge in [0.05, 0.1) is 12.1 Å². The fourth-order valence-electron chi connectivity index (χ4n) is 3.66. The van der Waals surface area contributed by atoms with Gasteiger partial charge in [0.2, 0.25) is 11.8 Å². The molecular weight excluding hydrogens is 316 g/mol. The molecule has 2 aliphatic carbocycles. The Hall–Kier alpha value is -1.14. The van der Waals surface area contributed by atoms with E-state index in [4.69, 9.17) is 10.3 Å². The van der Waals surface area contributed by atoms with Gasteiger partial charge in [-0.1, -0.05) is 43.7 Å². The molecule has 7 heteroatoms. The van der Waals surface area contributed by atoms with Gasteiger partial charge in [0, 0.05) is 6.42 Å². The highest BCUT2D eigenvalue weighted by molar-refractivity contribution is 5.85. The Balaban J connectivity index is 0.00000192. The first-order chi connectivity index (χ1) is 10.7. The third kappa shape index (κ3) is 4.67. The molecule has 2 fully saturated rings. The van der Waals surface area contributed by atoms with E-state index in [1.807, 2.05) is 0 Å². The normalized spacial score (nSPS) is 20.4. The first-order valence-electron chi connectivity index (χ1n) is 8.54. The Morgan fingerprint density at radius 1 is 1.26 bits per heavy atom. The maximum absolute atomic E-state index is 11.9. The van der Waals surface area contributed by atoms with E-state index < -0.39 is 5.54 Å². The quantitative estimate of drug-likeness (QED) is 0.829. The molecule has 3 rings (SSSR count). The maximum Gasteiger partial charge on any atom is 0.246 e. The molecule has 0 spiro atoms. The lowest BCUT2D eigenvalue weighted by molar-refractivity contribution is -0.121. The minimum atomic E-state index is -0.436. The van der Waals surface area contributed by atoms with E-state index in [0.717, 1.165) is 38.0 Å². The van der Waals surface area contributed by atoms with E-state index in [-0.39, 0.29) is 18.3 Å². The summed E-state index contributed by atoms with van der Waals surface area (Å²) in [4.78, 5) is 16.2. The van der Waals surface area contributed by atoms with Crippen LogP contribution in [0.25, 0.3) is 0 Å². The summed E-state index contributed by atoms with van der Waals surface area (Å²) in [6.07, 6.45) is 10.8. The SMILES string of the molecule is Cl.NC1(c2noc(CNC(=O)CCC3CCCC3)n2)CCCC1. The molecule has 0 radical (unpaired) electrons. The largest absolute Gasteiger partial charge is 0.347 e. The molecule has 2 saturated carbocycles. The molecule has 23 heavy (non-hydrogen) atoms. The third-order valence-corrected chi connectivity index (χ3v) is 5.10. The van der Waals surface area contributed by atoms with Crippen LogP contribution in [0.1, 0.15) is 75.9 Å². The Kier molecular flexibility index (Phi) is 6.41. The molecule has 1 amide bonds. The Morgan fingerprint density at radius 2 is 1.96 bits per heavy atom. The van der Waals surface area contributed by atoms with Crippen molar-refractivity contribution in [3.63, 3.8) is 0 Å². The predicted molar refractivity (Wildman–Crippen MR) is 88.9 cm³/mol. The van der Waals surface area contributed by atoms with Crippen LogP contribution >= 0.6 is 12.4 Å². The van der Waals surface area contributed by atoms with E-state index in [0.29, 0.717) is 24.7 Å². The third-order valence-electron chi connectivity index (χ3n) is 5.10. The summed E-state index contributed by atoms with van der Waals surface area (Å²) in [5.41, 5.74) is 5.86. The van der Waals surface area contributed by atoms with Gasteiger partial charge in [-0.3, -0.25) is 4.79 Å². The summed E-state index contributed by atoms with van der Waals surface area (Å²) < 4.78 is 5.21. The molecule has 0 bridgehead atoms. The van der Waals surface area contributed by atoms with Crippen LogP contribution in [0, 0.1) is 5.92 Å². The van der Waals surface area contributed by atoms with Gasteiger partial charge >= 0.3 is 0 Å². The summed E-state index contributed by atoms with van der Waals surface area (Å²) in [6.45, 7) is 0.298. The zero-order valence-corrected chi connectivity index (χ0v) is 14.4. The van der Waals surface area contributed by atoms with E-state index in [9.17, 15) is 4.79 Å². The van der Waals surface area contributed by atoms with Crippen LogP contribution in [0.2, 0.25) is 0 Å². The van der Waals surface area contributed by atoms with Gasteiger partial charge in [-0.25, -0.2) is 0 Å². The standard InChI is InChI=1S/C16H26N4O2.ClH/c17-16(9-3-4-10-16)15-19-14(22-20-15)11-18-13(21)8-7-12-5-1-2-6-12;/h12H,1-11,17H2,(H,18,21);1H. The molecule has 0 atom stereocenters. The molecular formula is C16H27ClN4O2. The fraction of sp³-hybridized carbons (Fsp3) is 0.812. The molecule has 0 saturated heterocycles. The first-order valence-corrected chi connectivity index (χ1v) is 8.54. The number of aromatic nitrogens is 2. The topological polar surface area (TPSA) is 94.0 Å². The number of hydrogen-bond acceptors (Lipinski definition) is 5. The Labute approximate surface area is 143 Å². The van der Waals surface area contributed by atoms with Crippen LogP contribution in [-0.2, 0) is 16.9 Å². The smallest absolute Gasteiger partial charge is 0.246 e. The number of nitrogens with one attached hydrogen (secondary N) is 1. The van der Waals surface area contributed by atoms with E-state index in [1.165, 1.54) is 25.7 Å². The van der Waals surface area contributed by atoms with E-state index in [1.54, 1.807) is 0 Å². The molecule has 6 nitrogen and oxygen atoms in total. The average molecular weight is 343 g/mol. The molecule has 1 heterocycles. The van der Waals surface area contributed by atoms with Crippen LogP contribution in [0.15, 0.2) is 4.52 Å². The van der Waals surface area contributed by atoms with Crippen LogP contribution in [0.5, 0.6) is 0 Å². The molecule has 1 aromatic rings. The Morgan fingerprint density at radius 3 is 2.65 bits per heavy atom. The van der Waals surface area contributed by atoms with E-state index in [2.05, 4.69) is 15.5 Å². The second-order valence-electron chi connectivity index (χ2n) is 6.84. The first kappa shape index (κ1) is 18.2. The summed E-state index contributed by atoms with van der Waals surface area (Å²) in [5.74, 6) is 1.83. The van der Waals surface area contributed by atoms with Crippen molar-refractivity contribution in [1.82, 2.24) is 15.5 Å². The van der Waals surface area contributed by atoms with Gasteiger partial charge in [0.25, 0.3) is 0 Å². The number of hydrogen-bond donors (Lipinski definition) is 2. The summed E-state index contributed by atoms with van der Waals surface area (Å²) in [6, 6.07) is 0. The van der Waals surface area contributed by atoms with Crippen molar-refractivity contribution in [2.45, 2.75) is 76.3 Å². The van der Waals surface area contributed by atoms with Gasteiger partial charge in [-0.05, 0) is 25.2 Å². The van der Waals surface area contributed by atoms with Crippen LogP contribution in [0.4, 0.5) is 0 Å². The molecule has 1 aromatic heterocycles. The van der Waals surface area contributed by atoms with Crippen LogP contribution in [-0.4, -0.2) is 16.0 Å².